The number of carbonyl (C=O) groups excluding carboxylic acids is 1. The Hall–Kier alpha value is -2.37. The number of benzene rings is 1. The highest BCUT2D eigenvalue weighted by Crippen LogP contribution is 2.34. The van der Waals surface area contributed by atoms with E-state index in [1.165, 1.54) is 5.69 Å². The molecule has 2 unspecified atom stereocenters. The Morgan fingerprint density at radius 2 is 1.81 bits per heavy atom. The molecule has 6 heteroatoms. The van der Waals surface area contributed by atoms with Crippen LogP contribution in [0.2, 0.25) is 5.02 Å². The minimum atomic E-state index is 0.432. The Kier molecular flexibility index (Phi) is 4.14. The summed E-state index contributed by atoms with van der Waals surface area (Å²) in [5, 5.41) is 0.729. The number of pyridine rings is 1. The molecule has 2 aromatic heterocycles. The van der Waals surface area contributed by atoms with Crippen LogP contribution >= 0.6 is 11.6 Å². The van der Waals surface area contributed by atoms with E-state index in [0.717, 1.165) is 60.8 Å². The Labute approximate surface area is 163 Å². The maximum atomic E-state index is 11.2. The second-order valence-electron chi connectivity index (χ2n) is 7.46. The molecule has 2 atom stereocenters. The molecule has 0 saturated carbocycles. The van der Waals surface area contributed by atoms with Crippen molar-refractivity contribution in [2.24, 2.45) is 0 Å². The molecule has 0 radical (unpaired) electrons. The summed E-state index contributed by atoms with van der Waals surface area (Å²) in [5.74, 6) is 0. The molecule has 0 N–H and O–H groups in total. The molecule has 2 aliphatic rings. The molecular weight excluding hydrogens is 360 g/mol. The van der Waals surface area contributed by atoms with Crippen molar-refractivity contribution in [3.05, 3.63) is 59.4 Å². The topological polar surface area (TPSA) is 40.9 Å². The van der Waals surface area contributed by atoms with Crippen molar-refractivity contribution in [2.75, 3.05) is 13.1 Å². The van der Waals surface area contributed by atoms with Crippen molar-refractivity contribution >= 4 is 23.7 Å². The van der Waals surface area contributed by atoms with Crippen LogP contribution in [-0.4, -0.2) is 50.8 Å². The highest BCUT2D eigenvalue weighted by molar-refractivity contribution is 6.30. The molecule has 0 spiro atoms. The average Bonchev–Trinajstić information content (AvgIpc) is 3.16. The number of imidazole rings is 1. The zero-order valence-electron chi connectivity index (χ0n) is 15.0. The van der Waals surface area contributed by atoms with Crippen molar-refractivity contribution in [1.29, 1.82) is 0 Å². The predicted molar refractivity (Wildman–Crippen MR) is 106 cm³/mol. The number of halogens is 1. The van der Waals surface area contributed by atoms with Crippen molar-refractivity contribution in [2.45, 2.75) is 31.5 Å². The Morgan fingerprint density at radius 3 is 2.52 bits per heavy atom. The number of aromatic nitrogens is 2. The minimum Gasteiger partial charge on any atom is -0.342 e. The predicted octanol–water partition coefficient (Wildman–Crippen LogP) is 3.46. The number of hydrogen-bond acceptors (Lipinski definition) is 3. The lowest BCUT2D eigenvalue weighted by atomic mass is 10.1. The molecule has 2 aliphatic heterocycles. The summed E-state index contributed by atoms with van der Waals surface area (Å²) in [6, 6.07) is 14.9. The lowest BCUT2D eigenvalue weighted by molar-refractivity contribution is -0.121. The number of carbonyl (C=O) groups is 1. The van der Waals surface area contributed by atoms with Crippen LogP contribution in [0.15, 0.2) is 48.7 Å². The van der Waals surface area contributed by atoms with Gasteiger partial charge in [-0.05, 0) is 37.1 Å². The summed E-state index contributed by atoms with van der Waals surface area (Å²) in [6.45, 7) is 2.49. The van der Waals surface area contributed by atoms with E-state index >= 15 is 0 Å². The smallest absolute Gasteiger partial charge is 0.209 e. The largest absolute Gasteiger partial charge is 0.342 e. The van der Waals surface area contributed by atoms with Crippen LogP contribution in [0.5, 0.6) is 0 Å². The summed E-state index contributed by atoms with van der Waals surface area (Å²) < 4.78 is 2.19. The second-order valence-corrected chi connectivity index (χ2v) is 7.90. The average molecular weight is 381 g/mol. The van der Waals surface area contributed by atoms with E-state index in [-0.39, 0.29) is 0 Å². The Morgan fingerprint density at radius 1 is 1.07 bits per heavy atom. The molecule has 5 nitrogen and oxygen atoms in total. The zero-order chi connectivity index (χ0) is 18.4. The maximum absolute atomic E-state index is 11.2. The molecule has 2 saturated heterocycles. The molecule has 4 heterocycles. The van der Waals surface area contributed by atoms with Crippen molar-refractivity contribution in [3.8, 4) is 11.3 Å². The summed E-state index contributed by atoms with van der Waals surface area (Å²) in [5.41, 5.74) is 4.24. The first-order valence-corrected chi connectivity index (χ1v) is 9.78. The molecular formula is C21H21ClN4O. The zero-order valence-corrected chi connectivity index (χ0v) is 15.7. The molecule has 1 aromatic carbocycles. The van der Waals surface area contributed by atoms with Gasteiger partial charge in [-0.2, -0.15) is 0 Å². The molecule has 5 rings (SSSR count). The van der Waals surface area contributed by atoms with Gasteiger partial charge in [0.05, 0.1) is 11.4 Å². The van der Waals surface area contributed by atoms with Gasteiger partial charge in [-0.3, -0.25) is 9.69 Å². The SMILES string of the molecule is O=CN1CC2CCC(C1)N2Cc1c(-c2ccc(Cl)cc2)nc2ccccn12. The van der Waals surface area contributed by atoms with Crippen molar-refractivity contribution in [1.82, 2.24) is 19.2 Å². The Bertz CT molecular complexity index is 970. The Balaban J connectivity index is 1.55. The molecule has 2 fully saturated rings. The van der Waals surface area contributed by atoms with Gasteiger partial charge in [-0.15, -0.1) is 0 Å². The number of rotatable bonds is 4. The lowest BCUT2D eigenvalue weighted by Crippen LogP contribution is -2.52. The third-order valence-corrected chi connectivity index (χ3v) is 6.14. The molecule has 138 valence electrons. The van der Waals surface area contributed by atoms with Gasteiger partial charge in [0, 0.05) is 48.5 Å². The first kappa shape index (κ1) is 16.8. The van der Waals surface area contributed by atoms with Crippen molar-refractivity contribution in [3.63, 3.8) is 0 Å². The number of nitrogens with zero attached hydrogens (tertiary/aromatic N) is 4. The number of piperazine rings is 1. The van der Waals surface area contributed by atoms with Gasteiger partial charge >= 0.3 is 0 Å². The lowest BCUT2D eigenvalue weighted by Gasteiger charge is -2.39. The number of likely N-dealkylation sites (tertiary alicyclic amines) is 1. The van der Waals surface area contributed by atoms with Crippen LogP contribution in [0.1, 0.15) is 18.5 Å². The summed E-state index contributed by atoms with van der Waals surface area (Å²) in [4.78, 5) is 20.6. The first-order valence-electron chi connectivity index (χ1n) is 9.40. The fourth-order valence-electron chi connectivity index (χ4n) is 4.58. The molecule has 0 aliphatic carbocycles. The van der Waals surface area contributed by atoms with Crippen LogP contribution in [0, 0.1) is 0 Å². The van der Waals surface area contributed by atoms with Gasteiger partial charge < -0.3 is 9.30 Å². The van der Waals surface area contributed by atoms with E-state index in [0.29, 0.717) is 12.1 Å². The molecule has 1 amide bonds. The van der Waals surface area contributed by atoms with E-state index in [4.69, 9.17) is 16.6 Å². The van der Waals surface area contributed by atoms with Gasteiger partial charge in [-0.1, -0.05) is 29.8 Å². The van der Waals surface area contributed by atoms with Crippen LogP contribution < -0.4 is 0 Å². The molecule has 27 heavy (non-hydrogen) atoms. The number of hydrogen-bond donors (Lipinski definition) is 0. The quantitative estimate of drug-likeness (QED) is 0.651. The van der Waals surface area contributed by atoms with Crippen LogP contribution in [0.25, 0.3) is 16.9 Å². The van der Waals surface area contributed by atoms with Gasteiger partial charge in [0.25, 0.3) is 0 Å². The fourth-order valence-corrected chi connectivity index (χ4v) is 4.70. The van der Waals surface area contributed by atoms with Crippen LogP contribution in [0.3, 0.4) is 0 Å². The summed E-state index contributed by atoms with van der Waals surface area (Å²) >= 11 is 6.08. The normalized spacial score (nSPS) is 22.5. The number of amides is 1. The minimum absolute atomic E-state index is 0.432. The third kappa shape index (κ3) is 2.91. The van der Waals surface area contributed by atoms with E-state index in [9.17, 15) is 4.79 Å². The summed E-state index contributed by atoms with van der Waals surface area (Å²) in [7, 11) is 0. The highest BCUT2D eigenvalue weighted by atomic mass is 35.5. The monoisotopic (exact) mass is 380 g/mol. The van der Waals surface area contributed by atoms with Crippen LogP contribution in [0.4, 0.5) is 0 Å². The van der Waals surface area contributed by atoms with Gasteiger partial charge in [-0.25, -0.2) is 4.98 Å². The van der Waals surface area contributed by atoms with Gasteiger partial charge in [0.2, 0.25) is 6.41 Å². The molecule has 3 aromatic rings. The first-order chi connectivity index (χ1) is 13.2. The third-order valence-electron chi connectivity index (χ3n) is 5.89. The van der Waals surface area contributed by atoms with Crippen molar-refractivity contribution < 1.29 is 4.79 Å². The van der Waals surface area contributed by atoms with Gasteiger partial charge in [0.1, 0.15) is 5.65 Å². The van der Waals surface area contributed by atoms with E-state index in [2.05, 4.69) is 15.5 Å². The van der Waals surface area contributed by atoms with E-state index in [1.807, 2.05) is 47.4 Å². The maximum Gasteiger partial charge on any atom is 0.209 e. The second kappa shape index (κ2) is 6.66. The molecule has 2 bridgehead atoms. The fraction of sp³-hybridized carbons (Fsp3) is 0.333. The van der Waals surface area contributed by atoms with Gasteiger partial charge in [0.15, 0.2) is 0 Å². The number of fused-ring (bicyclic) bond motifs is 3. The van der Waals surface area contributed by atoms with E-state index < -0.39 is 0 Å². The standard InChI is InChI=1S/C21H21ClN4O/c22-16-6-4-15(5-7-16)21-19(25-10-2-1-3-20(25)23-21)13-26-17-8-9-18(26)12-24(11-17)14-27/h1-7,10,14,17-18H,8-9,11-13H2. The highest BCUT2D eigenvalue weighted by Gasteiger charge is 2.40. The van der Waals surface area contributed by atoms with E-state index in [1.54, 1.807) is 0 Å². The summed E-state index contributed by atoms with van der Waals surface area (Å²) in [6.07, 6.45) is 5.39. The van der Waals surface area contributed by atoms with Crippen LogP contribution in [-0.2, 0) is 11.3 Å².